The van der Waals surface area contributed by atoms with Gasteiger partial charge in [0.1, 0.15) is 5.69 Å². The molecule has 0 spiro atoms. The van der Waals surface area contributed by atoms with E-state index in [2.05, 4.69) is 5.10 Å². The minimum absolute atomic E-state index is 0.0804. The van der Waals surface area contributed by atoms with Crippen molar-refractivity contribution in [3.05, 3.63) is 55.4 Å². The highest BCUT2D eigenvalue weighted by Crippen LogP contribution is 2.60. The van der Waals surface area contributed by atoms with Gasteiger partial charge >= 0.3 is 11.7 Å². The molecule has 29 heavy (non-hydrogen) atoms. The van der Waals surface area contributed by atoms with Crippen LogP contribution in [0.2, 0.25) is 0 Å². The normalized spacial score (nSPS) is 19.6. The van der Waals surface area contributed by atoms with Crippen LogP contribution in [0.3, 0.4) is 0 Å². The van der Waals surface area contributed by atoms with Crippen LogP contribution in [0.4, 0.5) is 11.4 Å². The second-order valence-corrected chi connectivity index (χ2v) is 7.88. The highest BCUT2D eigenvalue weighted by atomic mass is 16.6. The third-order valence-corrected chi connectivity index (χ3v) is 5.97. The first kappa shape index (κ1) is 20.4. The fourth-order valence-electron chi connectivity index (χ4n) is 4.10. The van der Waals surface area contributed by atoms with Crippen LogP contribution in [0.25, 0.3) is 5.69 Å². The minimum atomic E-state index is -0.675. The molecule has 0 N–H and O–H groups in total. The zero-order chi connectivity index (χ0) is 21.7. The predicted molar refractivity (Wildman–Crippen MR) is 103 cm³/mol. The fraction of sp³-hybridized carbons (Fsp3) is 0.474. The highest BCUT2D eigenvalue weighted by Gasteiger charge is 2.62. The van der Waals surface area contributed by atoms with Crippen molar-refractivity contribution in [3.63, 3.8) is 0 Å². The molecule has 2 aromatic rings. The molecule has 0 saturated heterocycles. The maximum Gasteiger partial charge on any atom is 0.309 e. The molecule has 1 aromatic heterocycles. The lowest BCUT2D eigenvalue weighted by Crippen LogP contribution is -2.07. The number of ether oxygens (including phenoxy) is 1. The summed E-state index contributed by atoms with van der Waals surface area (Å²) in [5.41, 5.74) is 1.51. The lowest BCUT2D eigenvalue weighted by atomic mass is 10.0. The molecule has 0 amide bonds. The van der Waals surface area contributed by atoms with Gasteiger partial charge in [0.2, 0.25) is 0 Å². The van der Waals surface area contributed by atoms with Crippen LogP contribution in [0.5, 0.6) is 0 Å². The number of carbonyl (C=O) groups is 1. The molecule has 0 radical (unpaired) electrons. The maximum atomic E-state index is 12.0. The van der Waals surface area contributed by atoms with Crippen molar-refractivity contribution in [1.82, 2.24) is 9.78 Å². The Morgan fingerprint density at radius 2 is 1.90 bits per heavy atom. The molecule has 3 rings (SSSR count). The third-order valence-electron chi connectivity index (χ3n) is 5.97. The van der Waals surface area contributed by atoms with Crippen molar-refractivity contribution in [2.75, 3.05) is 7.11 Å². The van der Waals surface area contributed by atoms with Crippen molar-refractivity contribution in [2.45, 2.75) is 34.1 Å². The second kappa shape index (κ2) is 6.94. The largest absolute Gasteiger partial charge is 0.469 e. The quantitative estimate of drug-likeness (QED) is 0.411. The van der Waals surface area contributed by atoms with E-state index in [-0.39, 0.29) is 34.6 Å². The summed E-state index contributed by atoms with van der Waals surface area (Å²) in [5, 5.41) is 26.9. The summed E-state index contributed by atoms with van der Waals surface area (Å²) >= 11 is 0. The van der Waals surface area contributed by atoms with E-state index in [1.54, 1.807) is 13.8 Å². The Hall–Kier alpha value is -3.30. The number of aryl methyl sites for hydroxylation is 1. The van der Waals surface area contributed by atoms with Gasteiger partial charge in [-0.25, -0.2) is 4.68 Å². The number of hydrogen-bond acceptors (Lipinski definition) is 7. The van der Waals surface area contributed by atoms with Gasteiger partial charge in [0, 0.05) is 11.8 Å². The van der Waals surface area contributed by atoms with Crippen LogP contribution in [-0.4, -0.2) is 32.7 Å². The molecule has 1 heterocycles. The van der Waals surface area contributed by atoms with Gasteiger partial charge in [0.25, 0.3) is 5.69 Å². The highest BCUT2D eigenvalue weighted by molar-refractivity contribution is 5.77. The summed E-state index contributed by atoms with van der Waals surface area (Å²) in [5.74, 6) is -0.367. The molecule has 0 aliphatic heterocycles. The molecule has 0 bridgehead atoms. The molecular weight excluding hydrogens is 380 g/mol. The average molecular weight is 402 g/mol. The van der Waals surface area contributed by atoms with Gasteiger partial charge < -0.3 is 4.74 Å². The number of nitrogens with zero attached hydrogens (tertiary/aromatic N) is 4. The van der Waals surface area contributed by atoms with E-state index in [1.165, 1.54) is 23.9 Å². The first-order valence-electron chi connectivity index (χ1n) is 9.06. The molecule has 154 valence electrons. The minimum Gasteiger partial charge on any atom is -0.469 e. The topological polar surface area (TPSA) is 130 Å². The van der Waals surface area contributed by atoms with E-state index in [0.29, 0.717) is 17.8 Å². The lowest BCUT2D eigenvalue weighted by Gasteiger charge is -2.07. The molecule has 1 aromatic carbocycles. The van der Waals surface area contributed by atoms with Gasteiger partial charge in [-0.05, 0) is 43.2 Å². The Bertz CT molecular complexity index is 1030. The van der Waals surface area contributed by atoms with Crippen LogP contribution < -0.4 is 0 Å². The molecule has 10 nitrogen and oxygen atoms in total. The van der Waals surface area contributed by atoms with Crippen molar-refractivity contribution >= 4 is 17.3 Å². The predicted octanol–water partition coefficient (Wildman–Crippen LogP) is 3.29. The Morgan fingerprint density at radius 3 is 2.45 bits per heavy atom. The molecule has 1 saturated carbocycles. The zero-order valence-electron chi connectivity index (χ0n) is 16.8. The summed E-state index contributed by atoms with van der Waals surface area (Å²) in [7, 11) is 1.37. The number of carbonyl (C=O) groups excluding carboxylic acids is 1. The molecule has 1 fully saturated rings. The van der Waals surface area contributed by atoms with Crippen LogP contribution in [0, 0.1) is 51.3 Å². The second-order valence-electron chi connectivity index (χ2n) is 7.88. The van der Waals surface area contributed by atoms with E-state index in [0.717, 1.165) is 11.6 Å². The average Bonchev–Trinajstić information content (AvgIpc) is 3.09. The number of rotatable bonds is 6. The summed E-state index contributed by atoms with van der Waals surface area (Å²) in [6.07, 6.45) is 0.589. The third kappa shape index (κ3) is 3.34. The smallest absolute Gasteiger partial charge is 0.309 e. The maximum absolute atomic E-state index is 12.0. The first-order valence-corrected chi connectivity index (χ1v) is 9.06. The van der Waals surface area contributed by atoms with Gasteiger partial charge in [-0.2, -0.15) is 5.10 Å². The molecule has 10 heteroatoms. The van der Waals surface area contributed by atoms with Gasteiger partial charge in [0.15, 0.2) is 0 Å². The summed E-state index contributed by atoms with van der Waals surface area (Å²) < 4.78 is 6.34. The number of aromatic nitrogens is 2. The zero-order valence-corrected chi connectivity index (χ0v) is 16.8. The van der Waals surface area contributed by atoms with Crippen LogP contribution >= 0.6 is 0 Å². The molecule has 1 aliphatic rings. The number of hydrogen-bond donors (Lipinski definition) is 0. The number of benzene rings is 1. The van der Waals surface area contributed by atoms with Crippen molar-refractivity contribution < 1.29 is 19.4 Å². The van der Waals surface area contributed by atoms with Crippen molar-refractivity contribution in [1.29, 1.82) is 0 Å². The molecule has 0 unspecified atom stereocenters. The number of esters is 1. The molecule has 2 atom stereocenters. The van der Waals surface area contributed by atoms with Crippen molar-refractivity contribution in [3.8, 4) is 5.69 Å². The standard InChI is InChI=1S/C19H22N4O6/c1-10-13(9-14-17(18(24)29-5)19(14,3)4)11(2)21(20-10)15-7-6-12(22(25)26)8-16(15)23(27)28/h6-8,14,17H,9H2,1-5H3/t14-,17-/m1/s1. The number of nitro benzene ring substituents is 2. The molecule has 1 aliphatic carbocycles. The lowest BCUT2D eigenvalue weighted by molar-refractivity contribution is -0.394. The van der Waals surface area contributed by atoms with E-state index < -0.39 is 15.5 Å². The fourth-order valence-corrected chi connectivity index (χ4v) is 4.10. The van der Waals surface area contributed by atoms with E-state index in [1.807, 2.05) is 13.8 Å². The molecular formula is C19H22N4O6. The Kier molecular flexibility index (Phi) is 4.89. The monoisotopic (exact) mass is 402 g/mol. The van der Waals surface area contributed by atoms with Gasteiger partial charge in [-0.15, -0.1) is 0 Å². The number of non-ortho nitro benzene ring substituents is 1. The van der Waals surface area contributed by atoms with E-state index in [9.17, 15) is 25.0 Å². The first-order chi connectivity index (χ1) is 13.5. The Morgan fingerprint density at radius 1 is 1.24 bits per heavy atom. The van der Waals surface area contributed by atoms with Crippen molar-refractivity contribution in [2.24, 2.45) is 17.3 Å². The Balaban J connectivity index is 2.00. The summed E-state index contributed by atoms with van der Waals surface area (Å²) in [4.78, 5) is 33.1. The van der Waals surface area contributed by atoms with Crippen LogP contribution in [-0.2, 0) is 16.0 Å². The van der Waals surface area contributed by atoms with Gasteiger partial charge in [-0.3, -0.25) is 25.0 Å². The van der Waals surface area contributed by atoms with Gasteiger partial charge in [0.05, 0.1) is 34.6 Å². The number of methoxy groups -OCH3 is 1. The van der Waals surface area contributed by atoms with Crippen LogP contribution in [0.1, 0.15) is 30.8 Å². The van der Waals surface area contributed by atoms with E-state index >= 15 is 0 Å². The van der Waals surface area contributed by atoms with Gasteiger partial charge in [-0.1, -0.05) is 13.8 Å². The number of nitro groups is 2. The summed E-state index contributed by atoms with van der Waals surface area (Å²) in [6, 6.07) is 3.48. The SMILES string of the molecule is COC(=O)[C@H]1[C@@H](Cc2c(C)nn(-c3ccc([N+](=O)[O-])cc3[N+](=O)[O-])c2C)C1(C)C. The Labute approximate surface area is 166 Å². The summed E-state index contributed by atoms with van der Waals surface area (Å²) in [6.45, 7) is 7.62. The van der Waals surface area contributed by atoms with Crippen LogP contribution in [0.15, 0.2) is 18.2 Å². The van der Waals surface area contributed by atoms with E-state index in [4.69, 9.17) is 4.74 Å².